The highest BCUT2D eigenvalue weighted by molar-refractivity contribution is 9.10. The molecule has 120 valence electrons. The van der Waals surface area contributed by atoms with E-state index < -0.39 is 11.7 Å². The average Bonchev–Trinajstić information content (AvgIpc) is 2.73. The van der Waals surface area contributed by atoms with Crippen LogP contribution in [0.1, 0.15) is 11.1 Å². The van der Waals surface area contributed by atoms with E-state index in [9.17, 15) is 18.3 Å². The Balaban J connectivity index is 2.67. The van der Waals surface area contributed by atoms with Crippen molar-refractivity contribution in [3.05, 3.63) is 37.9 Å². The number of halogens is 6. The van der Waals surface area contributed by atoms with Gasteiger partial charge in [0, 0.05) is 5.56 Å². The standard InChI is InChI=1S/C12H8BrCl2F3N2OS/c1-22-11-6(4-21)10(13)20(19-11)9-7(14)2-5(3-8(9)15)12(16,17)18/h2-3,21H,4H2,1H3. The van der Waals surface area contributed by atoms with E-state index in [0.29, 0.717) is 15.2 Å². The van der Waals surface area contributed by atoms with Crippen LogP contribution in [0.2, 0.25) is 10.0 Å². The molecule has 1 N–H and O–H groups in total. The van der Waals surface area contributed by atoms with Gasteiger partial charge in [-0.1, -0.05) is 23.2 Å². The first kappa shape index (κ1) is 17.9. The number of benzene rings is 1. The molecule has 10 heteroatoms. The number of thioether (sulfide) groups is 1. The first-order valence-corrected chi connectivity index (χ1v) is 8.47. The summed E-state index contributed by atoms with van der Waals surface area (Å²) in [6.45, 7) is -0.285. The number of rotatable bonds is 3. The van der Waals surface area contributed by atoms with Crippen LogP contribution >= 0.6 is 50.9 Å². The molecule has 3 nitrogen and oxygen atoms in total. The van der Waals surface area contributed by atoms with Crippen molar-refractivity contribution in [3.63, 3.8) is 0 Å². The third kappa shape index (κ3) is 3.26. The van der Waals surface area contributed by atoms with Crippen LogP contribution in [-0.2, 0) is 12.8 Å². The molecule has 0 radical (unpaired) electrons. The van der Waals surface area contributed by atoms with E-state index in [2.05, 4.69) is 21.0 Å². The SMILES string of the molecule is CSc1nn(-c2c(Cl)cc(C(F)(F)F)cc2Cl)c(Br)c1CO. The van der Waals surface area contributed by atoms with Crippen LogP contribution in [0.5, 0.6) is 0 Å². The predicted molar refractivity (Wildman–Crippen MR) is 84.0 cm³/mol. The molecule has 0 bridgehead atoms. The molecular formula is C12H8BrCl2F3N2OS. The van der Waals surface area contributed by atoms with Gasteiger partial charge in [0.2, 0.25) is 0 Å². The summed E-state index contributed by atoms with van der Waals surface area (Å²) in [6, 6.07) is 1.57. The molecular weight excluding hydrogens is 428 g/mol. The van der Waals surface area contributed by atoms with Crippen molar-refractivity contribution in [1.29, 1.82) is 0 Å². The Labute approximate surface area is 146 Å². The number of aliphatic hydroxyl groups is 1. The number of alkyl halides is 3. The van der Waals surface area contributed by atoms with Gasteiger partial charge >= 0.3 is 6.18 Å². The zero-order valence-electron chi connectivity index (χ0n) is 10.9. The summed E-state index contributed by atoms with van der Waals surface area (Å²) >= 11 is 16.5. The van der Waals surface area contributed by atoms with Crippen molar-refractivity contribution < 1.29 is 18.3 Å². The van der Waals surface area contributed by atoms with Crippen molar-refractivity contribution >= 4 is 50.9 Å². The van der Waals surface area contributed by atoms with Gasteiger partial charge in [-0.05, 0) is 34.3 Å². The second kappa shape index (κ2) is 6.60. The molecule has 0 saturated heterocycles. The van der Waals surface area contributed by atoms with E-state index in [-0.39, 0.29) is 22.3 Å². The van der Waals surface area contributed by atoms with Crippen molar-refractivity contribution in [2.45, 2.75) is 17.8 Å². The molecule has 0 unspecified atom stereocenters. The van der Waals surface area contributed by atoms with Crippen molar-refractivity contribution in [2.75, 3.05) is 6.26 Å². The van der Waals surface area contributed by atoms with Crippen LogP contribution in [-0.4, -0.2) is 21.1 Å². The van der Waals surface area contributed by atoms with Gasteiger partial charge in [-0.25, -0.2) is 4.68 Å². The fourth-order valence-electron chi connectivity index (χ4n) is 1.79. The third-order valence-electron chi connectivity index (χ3n) is 2.79. The van der Waals surface area contributed by atoms with E-state index in [1.807, 2.05) is 0 Å². The molecule has 0 spiro atoms. The molecule has 1 aromatic heterocycles. The molecule has 0 atom stereocenters. The Morgan fingerprint density at radius 2 is 1.86 bits per heavy atom. The summed E-state index contributed by atoms with van der Waals surface area (Å²) in [5.74, 6) is 0. The molecule has 0 amide bonds. The predicted octanol–water partition coefficient (Wildman–Crippen LogP) is 5.17. The first-order valence-electron chi connectivity index (χ1n) is 5.69. The van der Waals surface area contributed by atoms with Crippen molar-refractivity contribution in [3.8, 4) is 5.69 Å². The third-order valence-corrected chi connectivity index (χ3v) is 4.90. The minimum absolute atomic E-state index is 0.109. The highest BCUT2D eigenvalue weighted by Crippen LogP contribution is 2.39. The molecule has 0 saturated carbocycles. The quantitative estimate of drug-likeness (QED) is 0.675. The average molecular weight is 436 g/mol. The van der Waals surface area contributed by atoms with Crippen molar-refractivity contribution in [2.24, 2.45) is 0 Å². The monoisotopic (exact) mass is 434 g/mol. The molecule has 1 heterocycles. The second-order valence-electron chi connectivity index (χ2n) is 4.13. The van der Waals surface area contributed by atoms with Crippen molar-refractivity contribution in [1.82, 2.24) is 9.78 Å². The van der Waals surface area contributed by atoms with Crippen LogP contribution in [0.3, 0.4) is 0 Å². The highest BCUT2D eigenvalue weighted by Gasteiger charge is 2.32. The number of hydrogen-bond acceptors (Lipinski definition) is 3. The Kier molecular flexibility index (Phi) is 5.38. The van der Waals surface area contributed by atoms with Crippen LogP contribution in [0.25, 0.3) is 5.69 Å². The molecule has 1 aromatic carbocycles. The van der Waals surface area contributed by atoms with Gasteiger partial charge in [-0.3, -0.25) is 0 Å². The molecule has 2 aromatic rings. The van der Waals surface area contributed by atoms with Gasteiger partial charge in [0.05, 0.1) is 22.2 Å². The molecule has 0 fully saturated rings. The fraction of sp³-hybridized carbons (Fsp3) is 0.250. The summed E-state index contributed by atoms with van der Waals surface area (Å²) in [5, 5.41) is 13.7. The summed E-state index contributed by atoms with van der Waals surface area (Å²) < 4.78 is 39.9. The van der Waals surface area contributed by atoms with E-state index in [1.54, 1.807) is 6.26 Å². The van der Waals surface area contributed by atoms with E-state index in [4.69, 9.17) is 23.2 Å². The number of hydrogen-bond donors (Lipinski definition) is 1. The highest BCUT2D eigenvalue weighted by atomic mass is 79.9. The molecule has 2 rings (SSSR count). The number of aromatic nitrogens is 2. The molecule has 0 aliphatic rings. The lowest BCUT2D eigenvalue weighted by Gasteiger charge is -2.13. The Morgan fingerprint density at radius 3 is 2.23 bits per heavy atom. The maximum atomic E-state index is 12.8. The van der Waals surface area contributed by atoms with Gasteiger partial charge in [-0.2, -0.15) is 18.3 Å². The largest absolute Gasteiger partial charge is 0.416 e. The van der Waals surface area contributed by atoms with E-state index in [0.717, 1.165) is 12.1 Å². The zero-order chi connectivity index (χ0) is 16.7. The fourth-order valence-corrected chi connectivity index (χ4v) is 3.71. The lowest BCUT2D eigenvalue weighted by atomic mass is 10.2. The molecule has 0 aliphatic carbocycles. The lowest BCUT2D eigenvalue weighted by Crippen LogP contribution is -2.07. The van der Waals surface area contributed by atoms with Gasteiger partial charge < -0.3 is 5.11 Å². The summed E-state index contributed by atoms with van der Waals surface area (Å²) in [6.07, 6.45) is -2.79. The van der Waals surface area contributed by atoms with Crippen LogP contribution < -0.4 is 0 Å². The van der Waals surface area contributed by atoms with Crippen LogP contribution in [0, 0.1) is 0 Å². The zero-order valence-corrected chi connectivity index (χ0v) is 14.8. The first-order chi connectivity index (χ1) is 10.2. The maximum absolute atomic E-state index is 12.8. The minimum atomic E-state index is -4.55. The Bertz CT molecular complexity index is 698. The summed E-state index contributed by atoms with van der Waals surface area (Å²) in [7, 11) is 0. The van der Waals surface area contributed by atoms with E-state index in [1.165, 1.54) is 16.4 Å². The smallest absolute Gasteiger partial charge is 0.391 e. The Morgan fingerprint density at radius 1 is 1.32 bits per heavy atom. The van der Waals surface area contributed by atoms with Gasteiger partial charge in [-0.15, -0.1) is 11.8 Å². The molecule has 22 heavy (non-hydrogen) atoms. The summed E-state index contributed by atoms with van der Waals surface area (Å²) in [5.41, 5.74) is -0.334. The number of aliphatic hydroxyl groups excluding tert-OH is 1. The normalized spacial score (nSPS) is 12.0. The second-order valence-corrected chi connectivity index (χ2v) is 6.50. The van der Waals surface area contributed by atoms with Crippen LogP contribution in [0.4, 0.5) is 13.2 Å². The topological polar surface area (TPSA) is 38.0 Å². The minimum Gasteiger partial charge on any atom is -0.391 e. The van der Waals surface area contributed by atoms with Gasteiger partial charge in [0.15, 0.2) is 0 Å². The van der Waals surface area contributed by atoms with Gasteiger partial charge in [0.25, 0.3) is 0 Å². The maximum Gasteiger partial charge on any atom is 0.416 e. The van der Waals surface area contributed by atoms with E-state index >= 15 is 0 Å². The Hall–Kier alpha value is -0.410. The molecule has 0 aliphatic heterocycles. The van der Waals surface area contributed by atoms with Gasteiger partial charge in [0.1, 0.15) is 15.3 Å². The summed E-state index contributed by atoms with van der Waals surface area (Å²) in [4.78, 5) is 0. The number of nitrogens with zero attached hydrogens (tertiary/aromatic N) is 2. The lowest BCUT2D eigenvalue weighted by molar-refractivity contribution is -0.137. The van der Waals surface area contributed by atoms with Crippen LogP contribution in [0.15, 0.2) is 21.8 Å².